The summed E-state index contributed by atoms with van der Waals surface area (Å²) in [6.07, 6.45) is -0.0472. The maximum absolute atomic E-state index is 12.9. The molecule has 1 fully saturated rings. The van der Waals surface area contributed by atoms with Gasteiger partial charge in [0.2, 0.25) is 5.91 Å². The van der Waals surface area contributed by atoms with Gasteiger partial charge in [0.15, 0.2) is 6.04 Å². The van der Waals surface area contributed by atoms with Crippen molar-refractivity contribution >= 4 is 22.7 Å². The number of thioether (sulfide) groups is 1. The molecule has 6 heteroatoms. The second-order valence-corrected chi connectivity index (χ2v) is 5.45. The summed E-state index contributed by atoms with van der Waals surface area (Å²) >= 11 is 1.52. The number of hydrogen-bond donors (Lipinski definition) is 2. The largest absolute Gasteiger partial charge is 0.339 e. The zero-order chi connectivity index (χ0) is 12.7. The molecule has 1 amide bonds. The summed E-state index contributed by atoms with van der Waals surface area (Å²) in [5.41, 5.74) is 0.845. The molecule has 0 bridgehead atoms. The van der Waals surface area contributed by atoms with Crippen molar-refractivity contribution in [2.24, 2.45) is 4.99 Å². The van der Waals surface area contributed by atoms with Crippen LogP contribution in [0, 0.1) is 5.82 Å². The number of benzene rings is 1. The second-order valence-electron chi connectivity index (χ2n) is 4.32. The smallest absolute Gasteiger partial charge is 0.248 e. The highest BCUT2D eigenvalue weighted by Crippen LogP contribution is 2.30. The van der Waals surface area contributed by atoms with Crippen molar-refractivity contribution in [1.29, 1.82) is 0 Å². The van der Waals surface area contributed by atoms with Crippen molar-refractivity contribution in [3.63, 3.8) is 0 Å². The van der Waals surface area contributed by atoms with Gasteiger partial charge in [-0.25, -0.2) is 4.39 Å². The van der Waals surface area contributed by atoms with E-state index in [9.17, 15) is 9.18 Å². The zero-order valence-corrected chi connectivity index (χ0v) is 10.5. The van der Waals surface area contributed by atoms with Crippen LogP contribution in [0.25, 0.3) is 0 Å². The molecule has 0 saturated carbocycles. The predicted octanol–water partition coefficient (Wildman–Crippen LogP) is 1.08. The molecule has 94 valence electrons. The Bertz CT molecular complexity index is 517. The van der Waals surface area contributed by atoms with Gasteiger partial charge >= 0.3 is 0 Å². The lowest BCUT2D eigenvalue weighted by Crippen LogP contribution is -2.59. The number of carbonyl (C=O) groups excluding carboxylic acids is 1. The van der Waals surface area contributed by atoms with Gasteiger partial charge in [0.1, 0.15) is 10.9 Å². The molecule has 2 aliphatic heterocycles. The summed E-state index contributed by atoms with van der Waals surface area (Å²) in [6.45, 7) is 1.89. The predicted molar refractivity (Wildman–Crippen MR) is 68.8 cm³/mol. The lowest BCUT2D eigenvalue weighted by Gasteiger charge is -2.29. The average molecular weight is 265 g/mol. The molecule has 3 atom stereocenters. The van der Waals surface area contributed by atoms with Crippen LogP contribution in [0.4, 0.5) is 4.39 Å². The number of fused-ring (bicyclic) bond motifs is 1. The Morgan fingerprint density at radius 2 is 2.06 bits per heavy atom. The zero-order valence-electron chi connectivity index (χ0n) is 9.68. The van der Waals surface area contributed by atoms with E-state index in [1.165, 1.54) is 23.9 Å². The van der Waals surface area contributed by atoms with E-state index >= 15 is 0 Å². The summed E-state index contributed by atoms with van der Waals surface area (Å²) in [6, 6.07) is 5.76. The van der Waals surface area contributed by atoms with Crippen molar-refractivity contribution in [1.82, 2.24) is 10.6 Å². The van der Waals surface area contributed by atoms with Gasteiger partial charge in [0.25, 0.3) is 0 Å². The molecule has 3 unspecified atom stereocenters. The van der Waals surface area contributed by atoms with Gasteiger partial charge < -0.3 is 5.32 Å². The number of nitrogens with one attached hydrogen (secondary N) is 2. The van der Waals surface area contributed by atoms with Gasteiger partial charge in [-0.15, -0.1) is 0 Å². The average Bonchev–Trinajstić information content (AvgIpc) is 2.74. The molecule has 4 nitrogen and oxygen atoms in total. The topological polar surface area (TPSA) is 53.5 Å². The Labute approximate surface area is 108 Å². The molecule has 18 heavy (non-hydrogen) atoms. The van der Waals surface area contributed by atoms with E-state index in [-0.39, 0.29) is 23.3 Å². The van der Waals surface area contributed by atoms with Crippen LogP contribution in [0.2, 0.25) is 0 Å². The normalized spacial score (nSPS) is 30.7. The number of amides is 1. The van der Waals surface area contributed by atoms with Gasteiger partial charge in [-0.3, -0.25) is 15.1 Å². The summed E-state index contributed by atoms with van der Waals surface area (Å²) < 4.78 is 12.9. The van der Waals surface area contributed by atoms with Gasteiger partial charge in [-0.05, 0) is 31.2 Å². The SMILES string of the molecule is CC1NC(=O)C2N=C(c3ccc(F)cc3)SC2N1. The van der Waals surface area contributed by atoms with Crippen LogP contribution in [0.3, 0.4) is 0 Å². The molecule has 2 heterocycles. The standard InChI is InChI=1S/C12H12FN3OS/c1-6-14-10(17)9-12(15-6)18-11(16-9)7-2-4-8(13)5-3-7/h2-6,9,12,15H,1H3,(H,14,17). The van der Waals surface area contributed by atoms with Crippen LogP contribution in [0.5, 0.6) is 0 Å². The Hall–Kier alpha value is -1.40. The number of halogens is 1. The first-order valence-corrected chi connectivity index (χ1v) is 6.58. The van der Waals surface area contributed by atoms with Crippen LogP contribution < -0.4 is 10.6 Å². The molecule has 0 radical (unpaired) electrons. The molecule has 2 N–H and O–H groups in total. The van der Waals surface area contributed by atoms with Gasteiger partial charge in [0.05, 0.1) is 11.5 Å². The number of aliphatic imine (C=N–C) groups is 1. The minimum Gasteiger partial charge on any atom is -0.339 e. The van der Waals surface area contributed by atoms with Crippen LogP contribution >= 0.6 is 11.8 Å². The van der Waals surface area contributed by atoms with Crippen LogP contribution in [-0.4, -0.2) is 28.5 Å². The maximum atomic E-state index is 12.9. The first-order valence-electron chi connectivity index (χ1n) is 5.70. The van der Waals surface area contributed by atoms with Crippen molar-refractivity contribution in [2.75, 3.05) is 0 Å². The minimum absolute atomic E-state index is 0.0335. The first-order chi connectivity index (χ1) is 8.63. The summed E-state index contributed by atoms with van der Waals surface area (Å²) in [4.78, 5) is 16.2. The molecular weight excluding hydrogens is 253 g/mol. The van der Waals surface area contributed by atoms with Gasteiger partial charge in [-0.2, -0.15) is 0 Å². The molecule has 2 aliphatic rings. The van der Waals surface area contributed by atoms with Crippen molar-refractivity contribution < 1.29 is 9.18 Å². The Balaban J connectivity index is 1.86. The second kappa shape index (κ2) is 4.37. The minimum atomic E-state index is -0.397. The van der Waals surface area contributed by atoms with E-state index in [0.29, 0.717) is 0 Å². The highest BCUT2D eigenvalue weighted by Gasteiger charge is 2.40. The molecule has 1 aromatic rings. The van der Waals surface area contributed by atoms with Gasteiger partial charge in [-0.1, -0.05) is 11.8 Å². The lowest BCUT2D eigenvalue weighted by atomic mass is 10.2. The van der Waals surface area contributed by atoms with Crippen LogP contribution in [0.1, 0.15) is 12.5 Å². The highest BCUT2D eigenvalue weighted by atomic mass is 32.2. The van der Waals surface area contributed by atoms with E-state index < -0.39 is 6.04 Å². The van der Waals surface area contributed by atoms with Crippen LogP contribution in [0.15, 0.2) is 29.3 Å². The third-order valence-corrected chi connectivity index (χ3v) is 4.13. The Morgan fingerprint density at radius 1 is 1.33 bits per heavy atom. The van der Waals surface area contributed by atoms with E-state index in [1.54, 1.807) is 12.1 Å². The fourth-order valence-electron chi connectivity index (χ4n) is 2.05. The fourth-order valence-corrected chi connectivity index (χ4v) is 3.32. The van der Waals surface area contributed by atoms with E-state index in [0.717, 1.165) is 10.6 Å². The monoisotopic (exact) mass is 265 g/mol. The number of carbonyl (C=O) groups is 1. The first kappa shape index (κ1) is 11.7. The Kier molecular flexibility index (Phi) is 2.83. The number of hydrogen-bond acceptors (Lipinski definition) is 4. The summed E-state index contributed by atoms with van der Waals surface area (Å²) in [5, 5.41) is 6.81. The number of rotatable bonds is 1. The molecule has 0 spiro atoms. The fraction of sp³-hybridized carbons (Fsp3) is 0.333. The van der Waals surface area contributed by atoms with Crippen molar-refractivity contribution in [3.05, 3.63) is 35.6 Å². The molecule has 0 aliphatic carbocycles. The maximum Gasteiger partial charge on any atom is 0.248 e. The van der Waals surface area contributed by atoms with Crippen molar-refractivity contribution in [3.8, 4) is 0 Å². The molecule has 3 rings (SSSR count). The molecule has 1 saturated heterocycles. The van der Waals surface area contributed by atoms with E-state index in [1.807, 2.05) is 6.92 Å². The van der Waals surface area contributed by atoms with Gasteiger partial charge in [0, 0.05) is 5.56 Å². The summed E-state index contributed by atoms with van der Waals surface area (Å²) in [5.74, 6) is -0.333. The van der Waals surface area contributed by atoms with E-state index in [4.69, 9.17) is 0 Å². The quantitative estimate of drug-likeness (QED) is 0.799. The highest BCUT2D eigenvalue weighted by molar-refractivity contribution is 8.15. The summed E-state index contributed by atoms with van der Waals surface area (Å²) in [7, 11) is 0. The Morgan fingerprint density at radius 3 is 2.78 bits per heavy atom. The third-order valence-electron chi connectivity index (χ3n) is 2.91. The molecular formula is C12H12FN3OS. The van der Waals surface area contributed by atoms with Crippen LogP contribution in [-0.2, 0) is 4.79 Å². The molecule has 0 aromatic heterocycles. The lowest BCUT2D eigenvalue weighted by molar-refractivity contribution is -0.124. The molecule has 1 aromatic carbocycles. The van der Waals surface area contributed by atoms with E-state index in [2.05, 4.69) is 15.6 Å². The third kappa shape index (κ3) is 2.02. The van der Waals surface area contributed by atoms with Crippen molar-refractivity contribution in [2.45, 2.75) is 24.5 Å². The number of nitrogens with zero attached hydrogens (tertiary/aromatic N) is 1.